The topological polar surface area (TPSA) is 49.4 Å². The molecule has 104 valence electrons. The lowest BCUT2D eigenvalue weighted by molar-refractivity contribution is -0.128. The zero-order chi connectivity index (χ0) is 14.4. The predicted molar refractivity (Wildman–Crippen MR) is 80.0 cm³/mol. The van der Waals surface area contributed by atoms with E-state index in [1.165, 1.54) is 22.3 Å². The molecule has 1 saturated heterocycles. The third-order valence-corrected chi connectivity index (χ3v) is 4.13. The van der Waals surface area contributed by atoms with E-state index in [2.05, 4.69) is 23.5 Å². The van der Waals surface area contributed by atoms with Crippen molar-refractivity contribution in [2.75, 3.05) is 18.0 Å². The molecule has 0 saturated carbocycles. The Labute approximate surface area is 122 Å². The van der Waals surface area contributed by atoms with Gasteiger partial charge >= 0.3 is 0 Å². The van der Waals surface area contributed by atoms with E-state index < -0.39 is 0 Å². The molecule has 0 aromatic heterocycles. The van der Waals surface area contributed by atoms with Crippen LogP contribution in [0.15, 0.2) is 42.5 Å². The molecule has 0 bridgehead atoms. The number of hydrogen-bond acceptors (Lipinski definition) is 2. The molecule has 2 aromatic rings. The van der Waals surface area contributed by atoms with Crippen molar-refractivity contribution in [3.05, 3.63) is 53.6 Å². The van der Waals surface area contributed by atoms with Gasteiger partial charge in [-0.15, -0.1) is 0 Å². The van der Waals surface area contributed by atoms with E-state index >= 15 is 0 Å². The highest BCUT2D eigenvalue weighted by Crippen LogP contribution is 2.38. The zero-order valence-corrected chi connectivity index (χ0v) is 11.4. The summed E-state index contributed by atoms with van der Waals surface area (Å²) in [4.78, 5) is 25.0. The molecule has 4 heteroatoms. The second kappa shape index (κ2) is 4.45. The number of anilines is 1. The fraction of sp³-hybridized carbons (Fsp3) is 0.176. The van der Waals surface area contributed by atoms with Crippen molar-refractivity contribution in [3.8, 4) is 11.1 Å². The number of benzene rings is 2. The molecular weight excluding hydrogens is 264 g/mol. The van der Waals surface area contributed by atoms with E-state index in [-0.39, 0.29) is 24.9 Å². The number of carbonyl (C=O) groups excluding carboxylic acids is 2. The average Bonchev–Trinajstić information content (AvgIpc) is 2.87. The zero-order valence-electron chi connectivity index (χ0n) is 11.4. The summed E-state index contributed by atoms with van der Waals surface area (Å²) in [7, 11) is 0. The molecule has 0 spiro atoms. The quantitative estimate of drug-likeness (QED) is 0.737. The summed E-state index contributed by atoms with van der Waals surface area (Å²) in [6.07, 6.45) is 0.883. The highest BCUT2D eigenvalue weighted by atomic mass is 16.2. The van der Waals surface area contributed by atoms with E-state index in [1.54, 1.807) is 4.90 Å². The lowest BCUT2D eigenvalue weighted by Gasteiger charge is -2.27. The minimum Gasteiger partial charge on any atom is -0.345 e. The number of nitrogens with zero attached hydrogens (tertiary/aromatic N) is 1. The molecule has 0 atom stereocenters. The largest absolute Gasteiger partial charge is 0.345 e. The van der Waals surface area contributed by atoms with Crippen molar-refractivity contribution in [2.24, 2.45) is 0 Å². The number of rotatable bonds is 1. The van der Waals surface area contributed by atoms with E-state index in [0.29, 0.717) is 0 Å². The fourth-order valence-corrected chi connectivity index (χ4v) is 3.09. The van der Waals surface area contributed by atoms with Crippen LogP contribution in [0.2, 0.25) is 0 Å². The smallest absolute Gasteiger partial charge is 0.246 e. The maximum Gasteiger partial charge on any atom is 0.246 e. The second-order valence-corrected chi connectivity index (χ2v) is 5.43. The molecule has 0 radical (unpaired) electrons. The standard InChI is InChI=1S/C17H14N2O2/c20-16-10-19(17(21)9-18-16)13-5-6-15-12(8-13)7-11-3-1-2-4-14(11)15/h1-6,8H,7,9-10H2,(H,18,20). The van der Waals surface area contributed by atoms with Gasteiger partial charge in [0.05, 0.1) is 6.54 Å². The van der Waals surface area contributed by atoms with Gasteiger partial charge < -0.3 is 10.2 Å². The molecule has 4 nitrogen and oxygen atoms in total. The third kappa shape index (κ3) is 1.91. The van der Waals surface area contributed by atoms with Crippen LogP contribution in [0.3, 0.4) is 0 Å². The summed E-state index contributed by atoms with van der Waals surface area (Å²) >= 11 is 0. The number of amides is 2. The van der Waals surface area contributed by atoms with Crippen molar-refractivity contribution >= 4 is 17.5 Å². The van der Waals surface area contributed by atoms with E-state index in [9.17, 15) is 9.59 Å². The molecule has 4 rings (SSSR count). The Morgan fingerprint density at radius 2 is 1.76 bits per heavy atom. The van der Waals surface area contributed by atoms with Crippen LogP contribution >= 0.6 is 0 Å². The molecule has 1 aliphatic carbocycles. The summed E-state index contributed by atoms with van der Waals surface area (Å²) in [6, 6.07) is 14.4. The van der Waals surface area contributed by atoms with Crippen LogP contribution in [0, 0.1) is 0 Å². The van der Waals surface area contributed by atoms with Crippen molar-refractivity contribution in [3.63, 3.8) is 0 Å². The maximum absolute atomic E-state index is 12.0. The Kier molecular flexibility index (Phi) is 2.57. The Balaban J connectivity index is 1.73. The number of nitrogens with one attached hydrogen (secondary N) is 1. The van der Waals surface area contributed by atoms with Gasteiger partial charge in [0.2, 0.25) is 11.8 Å². The van der Waals surface area contributed by atoms with Crippen molar-refractivity contribution in [2.45, 2.75) is 6.42 Å². The van der Waals surface area contributed by atoms with Crippen LogP contribution in [-0.2, 0) is 16.0 Å². The van der Waals surface area contributed by atoms with Crippen LogP contribution < -0.4 is 10.2 Å². The molecule has 0 unspecified atom stereocenters. The van der Waals surface area contributed by atoms with Gasteiger partial charge in [0.15, 0.2) is 0 Å². The molecule has 1 fully saturated rings. The monoisotopic (exact) mass is 278 g/mol. The van der Waals surface area contributed by atoms with Crippen LogP contribution in [0.5, 0.6) is 0 Å². The van der Waals surface area contributed by atoms with Gasteiger partial charge in [-0.2, -0.15) is 0 Å². The van der Waals surface area contributed by atoms with Crippen molar-refractivity contribution in [1.82, 2.24) is 5.32 Å². The van der Waals surface area contributed by atoms with Gasteiger partial charge in [-0.05, 0) is 40.8 Å². The summed E-state index contributed by atoms with van der Waals surface area (Å²) < 4.78 is 0. The van der Waals surface area contributed by atoms with Crippen LogP contribution in [-0.4, -0.2) is 24.9 Å². The first-order valence-electron chi connectivity index (χ1n) is 7.00. The summed E-state index contributed by atoms with van der Waals surface area (Å²) in [5, 5.41) is 2.57. The number of piperazine rings is 1. The van der Waals surface area contributed by atoms with Crippen molar-refractivity contribution < 1.29 is 9.59 Å². The molecule has 21 heavy (non-hydrogen) atoms. The first-order valence-corrected chi connectivity index (χ1v) is 7.00. The lowest BCUT2D eigenvalue weighted by Crippen LogP contribution is -2.51. The molecule has 1 aliphatic heterocycles. The van der Waals surface area contributed by atoms with Gasteiger partial charge in [-0.3, -0.25) is 9.59 Å². The first-order chi connectivity index (χ1) is 10.2. The molecule has 2 amide bonds. The van der Waals surface area contributed by atoms with Gasteiger partial charge in [0.25, 0.3) is 0 Å². The fourth-order valence-electron chi connectivity index (χ4n) is 3.09. The highest BCUT2D eigenvalue weighted by molar-refractivity contribution is 6.04. The van der Waals surface area contributed by atoms with Gasteiger partial charge in [-0.25, -0.2) is 0 Å². The Morgan fingerprint density at radius 3 is 2.67 bits per heavy atom. The lowest BCUT2D eigenvalue weighted by atomic mass is 10.1. The van der Waals surface area contributed by atoms with Crippen molar-refractivity contribution in [1.29, 1.82) is 0 Å². The summed E-state index contributed by atoms with van der Waals surface area (Å²) in [6.45, 7) is 0.181. The SMILES string of the molecule is O=C1CN(c2ccc3c(c2)Cc2ccccc2-3)C(=O)CN1. The minimum atomic E-state index is -0.113. The summed E-state index contributed by atoms with van der Waals surface area (Å²) in [5.41, 5.74) is 5.83. The minimum absolute atomic E-state index is 0.0648. The van der Waals surface area contributed by atoms with E-state index in [4.69, 9.17) is 0 Å². The molecule has 1 N–H and O–H groups in total. The molecule has 2 aromatic carbocycles. The van der Waals surface area contributed by atoms with E-state index in [1.807, 2.05) is 24.3 Å². The average molecular weight is 278 g/mol. The highest BCUT2D eigenvalue weighted by Gasteiger charge is 2.26. The van der Waals surface area contributed by atoms with Gasteiger partial charge in [0.1, 0.15) is 6.54 Å². The normalized spacial score (nSPS) is 16.5. The number of carbonyl (C=O) groups is 2. The van der Waals surface area contributed by atoms with E-state index in [0.717, 1.165) is 12.1 Å². The Morgan fingerprint density at radius 1 is 0.952 bits per heavy atom. The molecule has 1 heterocycles. The van der Waals surface area contributed by atoms with Crippen LogP contribution in [0.25, 0.3) is 11.1 Å². The Hall–Kier alpha value is -2.62. The van der Waals surface area contributed by atoms with Gasteiger partial charge in [0, 0.05) is 5.69 Å². The predicted octanol–water partition coefficient (Wildman–Crippen LogP) is 1.72. The first kappa shape index (κ1) is 12.1. The van der Waals surface area contributed by atoms with Crippen LogP contribution in [0.4, 0.5) is 5.69 Å². The summed E-state index contributed by atoms with van der Waals surface area (Å²) in [5.74, 6) is -0.177. The molecule has 2 aliphatic rings. The third-order valence-electron chi connectivity index (χ3n) is 4.13. The molecular formula is C17H14N2O2. The number of fused-ring (bicyclic) bond motifs is 3. The maximum atomic E-state index is 12.0. The number of hydrogen-bond donors (Lipinski definition) is 1. The van der Waals surface area contributed by atoms with Gasteiger partial charge in [-0.1, -0.05) is 30.3 Å². The Bertz CT molecular complexity index is 767. The second-order valence-electron chi connectivity index (χ2n) is 5.43. The van der Waals surface area contributed by atoms with Crippen LogP contribution in [0.1, 0.15) is 11.1 Å².